The van der Waals surface area contributed by atoms with Crippen LogP contribution in [0.4, 0.5) is 5.82 Å². The molecule has 7 nitrogen and oxygen atoms in total. The van der Waals surface area contributed by atoms with Crippen LogP contribution >= 0.6 is 0 Å². The number of pyridine rings is 1. The fraction of sp³-hybridized carbons (Fsp3) is 0.409. The molecular weight excluding hydrogens is 362 g/mol. The lowest BCUT2D eigenvalue weighted by Crippen LogP contribution is -2.40. The van der Waals surface area contributed by atoms with Gasteiger partial charge in [0, 0.05) is 57.9 Å². The van der Waals surface area contributed by atoms with Gasteiger partial charge in [-0.05, 0) is 24.1 Å². The predicted octanol–water partition coefficient (Wildman–Crippen LogP) is 3.21. The van der Waals surface area contributed by atoms with E-state index in [4.69, 9.17) is 0 Å². The van der Waals surface area contributed by atoms with Crippen LogP contribution in [0.5, 0.6) is 0 Å². The lowest BCUT2D eigenvalue weighted by Gasteiger charge is -2.22. The number of nitrogens with zero attached hydrogens (tertiary/aromatic N) is 5. The Balaban J connectivity index is 1.52. The number of nitrogens with one attached hydrogen (secondary N) is 2. The third-order valence-corrected chi connectivity index (χ3v) is 4.78. The highest BCUT2D eigenvalue weighted by atomic mass is 15.3. The average Bonchev–Trinajstić information content (AvgIpc) is 3.08. The molecule has 0 bridgehead atoms. The number of aryl methyl sites for hydroxylation is 1. The maximum absolute atomic E-state index is 4.64. The molecule has 0 radical (unpaired) electrons. The van der Waals surface area contributed by atoms with Crippen LogP contribution in [0.15, 0.2) is 47.6 Å². The molecule has 29 heavy (non-hydrogen) atoms. The molecule has 2 aromatic heterocycles. The molecule has 2 heterocycles. The first-order valence-electron chi connectivity index (χ1n) is 10.0. The van der Waals surface area contributed by atoms with Gasteiger partial charge in [-0.15, -0.1) is 0 Å². The van der Waals surface area contributed by atoms with Gasteiger partial charge in [0.05, 0.1) is 11.2 Å². The summed E-state index contributed by atoms with van der Waals surface area (Å²) in [6.45, 7) is 6.61. The highest BCUT2D eigenvalue weighted by Crippen LogP contribution is 2.18. The van der Waals surface area contributed by atoms with Crippen molar-refractivity contribution in [1.82, 2.24) is 25.0 Å². The molecule has 0 saturated carbocycles. The molecule has 0 atom stereocenters. The first-order chi connectivity index (χ1) is 14.0. The van der Waals surface area contributed by atoms with Gasteiger partial charge in [-0.2, -0.15) is 5.10 Å². The van der Waals surface area contributed by atoms with E-state index < -0.39 is 0 Å². The zero-order valence-electron chi connectivity index (χ0n) is 18.0. The fourth-order valence-corrected chi connectivity index (χ4v) is 3.41. The summed E-state index contributed by atoms with van der Waals surface area (Å²) >= 11 is 0. The summed E-state index contributed by atoms with van der Waals surface area (Å²) < 4.78 is 1.88. The van der Waals surface area contributed by atoms with Gasteiger partial charge < -0.3 is 15.5 Å². The summed E-state index contributed by atoms with van der Waals surface area (Å²) in [4.78, 5) is 11.2. The van der Waals surface area contributed by atoms with Crippen molar-refractivity contribution < 1.29 is 0 Å². The molecule has 154 valence electrons. The number of aliphatic imine (C=N–C) groups is 1. The molecule has 1 aromatic carbocycles. The van der Waals surface area contributed by atoms with Crippen LogP contribution in [-0.4, -0.2) is 52.8 Å². The average molecular weight is 394 g/mol. The first-order valence-corrected chi connectivity index (χ1v) is 10.0. The quantitative estimate of drug-likeness (QED) is 0.366. The molecular formula is C22H31N7. The van der Waals surface area contributed by atoms with E-state index in [0.29, 0.717) is 5.92 Å². The summed E-state index contributed by atoms with van der Waals surface area (Å²) in [5.41, 5.74) is 3.36. The number of hydrogen-bond donors (Lipinski definition) is 2. The number of hydrogen-bond acceptors (Lipinski definition) is 4. The number of aromatic nitrogens is 3. The van der Waals surface area contributed by atoms with Crippen LogP contribution in [-0.2, 0) is 13.6 Å². The van der Waals surface area contributed by atoms with Gasteiger partial charge in [0.2, 0.25) is 0 Å². The van der Waals surface area contributed by atoms with Gasteiger partial charge in [-0.1, -0.05) is 32.0 Å². The molecule has 7 heteroatoms. The fourth-order valence-electron chi connectivity index (χ4n) is 3.41. The molecule has 0 aliphatic carbocycles. The molecule has 2 N–H and O–H groups in total. The van der Waals surface area contributed by atoms with Crippen molar-refractivity contribution in [2.45, 2.75) is 26.3 Å². The maximum Gasteiger partial charge on any atom is 0.193 e. The second-order valence-electron chi connectivity index (χ2n) is 7.51. The smallest absolute Gasteiger partial charge is 0.193 e. The largest absolute Gasteiger partial charge is 0.368 e. The van der Waals surface area contributed by atoms with E-state index in [1.54, 1.807) is 0 Å². The van der Waals surface area contributed by atoms with E-state index in [-0.39, 0.29) is 0 Å². The minimum atomic E-state index is 0.397. The Morgan fingerprint density at radius 3 is 2.72 bits per heavy atom. The van der Waals surface area contributed by atoms with Crippen LogP contribution < -0.4 is 10.6 Å². The lowest BCUT2D eigenvalue weighted by molar-refractivity contribution is 0.475. The van der Waals surface area contributed by atoms with Gasteiger partial charge >= 0.3 is 0 Å². The Labute approximate surface area is 172 Å². The topological polar surface area (TPSA) is 70.4 Å². The minimum Gasteiger partial charge on any atom is -0.368 e. The lowest BCUT2D eigenvalue weighted by atomic mass is 10.1. The summed E-state index contributed by atoms with van der Waals surface area (Å²) in [6, 6.07) is 12.2. The van der Waals surface area contributed by atoms with Gasteiger partial charge in [0.25, 0.3) is 0 Å². The molecule has 0 spiro atoms. The zero-order valence-corrected chi connectivity index (χ0v) is 18.0. The Morgan fingerprint density at radius 2 is 1.97 bits per heavy atom. The van der Waals surface area contributed by atoms with E-state index in [2.05, 4.69) is 62.8 Å². The van der Waals surface area contributed by atoms with Crippen molar-refractivity contribution in [1.29, 1.82) is 0 Å². The Morgan fingerprint density at radius 1 is 1.17 bits per heavy atom. The number of fused-ring (bicyclic) bond motifs is 1. The molecule has 0 unspecified atom stereocenters. The minimum absolute atomic E-state index is 0.397. The number of anilines is 1. The summed E-state index contributed by atoms with van der Waals surface area (Å²) in [7, 11) is 5.82. The number of benzene rings is 1. The molecule has 0 amide bonds. The second kappa shape index (κ2) is 9.41. The van der Waals surface area contributed by atoms with Crippen molar-refractivity contribution in [3.8, 4) is 0 Å². The standard InChI is InChI=1S/C22H31N7/c1-16(2)21-18(15-29(5)27-21)14-28(4)22(23-3)25-13-12-24-20-11-10-17-8-6-7-9-19(17)26-20/h6-11,15-16H,12-14H2,1-5H3,(H,23,25)(H,24,26). The van der Waals surface area contributed by atoms with E-state index >= 15 is 0 Å². The van der Waals surface area contributed by atoms with Crippen LogP contribution in [0.2, 0.25) is 0 Å². The monoisotopic (exact) mass is 393 g/mol. The Hall–Kier alpha value is -3.09. The second-order valence-corrected chi connectivity index (χ2v) is 7.51. The Kier molecular flexibility index (Phi) is 6.69. The number of rotatable bonds is 7. The molecule has 0 aliphatic rings. The van der Waals surface area contributed by atoms with Crippen molar-refractivity contribution in [2.75, 3.05) is 32.5 Å². The highest BCUT2D eigenvalue weighted by molar-refractivity contribution is 5.80. The Bertz CT molecular complexity index is 974. The predicted molar refractivity (Wildman–Crippen MR) is 120 cm³/mol. The van der Waals surface area contributed by atoms with Gasteiger partial charge in [0.15, 0.2) is 5.96 Å². The van der Waals surface area contributed by atoms with E-state index in [1.165, 1.54) is 5.56 Å². The third kappa shape index (κ3) is 5.25. The van der Waals surface area contributed by atoms with Crippen LogP contribution in [0.3, 0.4) is 0 Å². The van der Waals surface area contributed by atoms with Crippen LogP contribution in [0.25, 0.3) is 10.9 Å². The SMILES string of the molecule is CN=C(NCCNc1ccc2ccccc2n1)N(C)Cc1cn(C)nc1C(C)C. The highest BCUT2D eigenvalue weighted by Gasteiger charge is 2.14. The van der Waals surface area contributed by atoms with E-state index in [9.17, 15) is 0 Å². The first kappa shape index (κ1) is 20.6. The summed E-state index contributed by atoms with van der Waals surface area (Å²) in [5, 5.41) is 12.5. The zero-order chi connectivity index (χ0) is 20.8. The molecule has 0 aliphatic heterocycles. The van der Waals surface area contributed by atoms with Gasteiger partial charge in [0.1, 0.15) is 5.82 Å². The van der Waals surface area contributed by atoms with Crippen LogP contribution in [0.1, 0.15) is 31.0 Å². The molecule has 3 aromatic rings. The van der Waals surface area contributed by atoms with Crippen molar-refractivity contribution >= 4 is 22.7 Å². The maximum atomic E-state index is 4.64. The van der Waals surface area contributed by atoms with Gasteiger partial charge in [-0.3, -0.25) is 9.67 Å². The normalized spacial score (nSPS) is 11.9. The summed E-state index contributed by atoms with van der Waals surface area (Å²) in [6.07, 6.45) is 2.09. The number of guanidine groups is 1. The van der Waals surface area contributed by atoms with Crippen LogP contribution in [0, 0.1) is 0 Å². The summed E-state index contributed by atoms with van der Waals surface area (Å²) in [5.74, 6) is 2.14. The van der Waals surface area contributed by atoms with Crippen molar-refractivity contribution in [2.24, 2.45) is 12.0 Å². The van der Waals surface area contributed by atoms with E-state index in [1.807, 2.05) is 50.1 Å². The van der Waals surface area contributed by atoms with Crippen molar-refractivity contribution in [3.63, 3.8) is 0 Å². The third-order valence-electron chi connectivity index (χ3n) is 4.78. The van der Waals surface area contributed by atoms with Gasteiger partial charge in [-0.25, -0.2) is 4.98 Å². The molecule has 0 saturated heterocycles. The molecule has 0 fully saturated rings. The van der Waals surface area contributed by atoms with Crippen molar-refractivity contribution in [3.05, 3.63) is 53.9 Å². The molecule has 3 rings (SSSR count). The van der Waals surface area contributed by atoms with E-state index in [0.717, 1.165) is 48.0 Å². The number of para-hydroxylation sites is 1.